The van der Waals surface area contributed by atoms with E-state index in [4.69, 9.17) is 10.5 Å². The number of nitrogens with one attached hydrogen (secondary N) is 1. The molecule has 0 aliphatic heterocycles. The SMILES string of the molecule is Cn1cncc1-c1ccc2c(C(=O)NC3CCC(Oc4ncccc4C(N)=O)CC3)nc(C(F)F)n2c1. The molecule has 0 unspecified atom stereocenters. The number of hydrogen-bond donors (Lipinski definition) is 2. The van der Waals surface area contributed by atoms with Gasteiger partial charge in [0.05, 0.1) is 23.7 Å². The molecular formula is C25H25F2N7O3. The van der Waals surface area contributed by atoms with Crippen LogP contribution in [0.3, 0.4) is 0 Å². The zero-order valence-electron chi connectivity index (χ0n) is 20.0. The van der Waals surface area contributed by atoms with Gasteiger partial charge in [0.25, 0.3) is 18.2 Å². The van der Waals surface area contributed by atoms with Crippen molar-refractivity contribution in [2.75, 3.05) is 0 Å². The number of hydrogen-bond acceptors (Lipinski definition) is 6. The van der Waals surface area contributed by atoms with Gasteiger partial charge in [-0.05, 0) is 49.9 Å². The van der Waals surface area contributed by atoms with Crippen LogP contribution < -0.4 is 15.8 Å². The van der Waals surface area contributed by atoms with Crippen LogP contribution in [-0.2, 0) is 7.05 Å². The zero-order valence-corrected chi connectivity index (χ0v) is 20.0. The number of primary amides is 1. The zero-order chi connectivity index (χ0) is 26.1. The van der Waals surface area contributed by atoms with Gasteiger partial charge in [-0.3, -0.25) is 14.0 Å². The molecule has 0 spiro atoms. The van der Waals surface area contributed by atoms with Crippen molar-refractivity contribution in [1.29, 1.82) is 0 Å². The fourth-order valence-corrected chi connectivity index (χ4v) is 4.63. The predicted molar refractivity (Wildman–Crippen MR) is 129 cm³/mol. The molecular weight excluding hydrogens is 484 g/mol. The molecule has 1 aliphatic carbocycles. The summed E-state index contributed by atoms with van der Waals surface area (Å²) in [6.07, 6.45) is 5.70. The van der Waals surface area contributed by atoms with Gasteiger partial charge in [-0.15, -0.1) is 0 Å². The molecule has 4 heterocycles. The summed E-state index contributed by atoms with van der Waals surface area (Å²) in [5, 5.41) is 2.93. The third-order valence-corrected chi connectivity index (χ3v) is 6.51. The molecule has 37 heavy (non-hydrogen) atoms. The molecule has 3 N–H and O–H groups in total. The second-order valence-electron chi connectivity index (χ2n) is 8.97. The smallest absolute Gasteiger partial charge is 0.295 e. The third kappa shape index (κ3) is 4.86. The first-order valence-electron chi connectivity index (χ1n) is 11.8. The van der Waals surface area contributed by atoms with Crippen LogP contribution in [-0.4, -0.2) is 47.9 Å². The summed E-state index contributed by atoms with van der Waals surface area (Å²) >= 11 is 0. The normalized spacial score (nSPS) is 17.7. The van der Waals surface area contributed by atoms with E-state index in [2.05, 4.69) is 20.3 Å². The van der Waals surface area contributed by atoms with Crippen molar-refractivity contribution in [2.24, 2.45) is 12.8 Å². The van der Waals surface area contributed by atoms with Gasteiger partial charge >= 0.3 is 0 Å². The summed E-state index contributed by atoms with van der Waals surface area (Å²) in [7, 11) is 1.81. The number of carbonyl (C=O) groups excluding carboxylic acids is 2. The van der Waals surface area contributed by atoms with E-state index in [-0.39, 0.29) is 29.3 Å². The molecule has 10 nitrogen and oxygen atoms in total. The summed E-state index contributed by atoms with van der Waals surface area (Å²) in [5.74, 6) is -1.44. The van der Waals surface area contributed by atoms with Gasteiger partial charge in [-0.1, -0.05) is 0 Å². The number of aromatic nitrogens is 5. The molecule has 4 aromatic heterocycles. The second kappa shape index (κ2) is 9.96. The summed E-state index contributed by atoms with van der Waals surface area (Å²) in [6.45, 7) is 0. The summed E-state index contributed by atoms with van der Waals surface area (Å²) in [6, 6.07) is 6.36. The topological polar surface area (TPSA) is 129 Å². The van der Waals surface area contributed by atoms with E-state index in [1.54, 1.807) is 48.4 Å². The van der Waals surface area contributed by atoms with Crippen molar-refractivity contribution in [1.82, 2.24) is 29.2 Å². The predicted octanol–water partition coefficient (Wildman–Crippen LogP) is 3.29. The van der Waals surface area contributed by atoms with Gasteiger partial charge in [0.15, 0.2) is 11.5 Å². The number of nitrogens with zero attached hydrogens (tertiary/aromatic N) is 5. The Morgan fingerprint density at radius 2 is 1.97 bits per heavy atom. The van der Waals surface area contributed by atoms with Crippen molar-refractivity contribution >= 4 is 17.3 Å². The lowest BCUT2D eigenvalue weighted by atomic mass is 9.93. The molecule has 12 heteroatoms. The highest BCUT2D eigenvalue weighted by atomic mass is 19.3. The number of alkyl halides is 2. The highest BCUT2D eigenvalue weighted by molar-refractivity contribution is 5.99. The number of amides is 2. The Hall–Kier alpha value is -4.35. The Morgan fingerprint density at radius 1 is 1.19 bits per heavy atom. The van der Waals surface area contributed by atoms with Crippen molar-refractivity contribution in [3.8, 4) is 17.1 Å². The molecule has 4 aromatic rings. The fourth-order valence-electron chi connectivity index (χ4n) is 4.63. The standard InChI is InChI=1S/C25H25F2N7O3/c1-33-13-29-11-19(33)14-4-9-18-20(32-23(21(26)27)34(18)12-14)24(36)31-15-5-7-16(8-6-15)37-25-17(22(28)35)3-2-10-30-25/h2-4,9-13,15-16,21H,5-8H2,1H3,(H2,28,35)(H,31,36). The lowest BCUT2D eigenvalue weighted by molar-refractivity contribution is 0.0877. The quantitative estimate of drug-likeness (QED) is 0.393. The maximum atomic E-state index is 13.8. The minimum Gasteiger partial charge on any atom is -0.474 e. The lowest BCUT2D eigenvalue weighted by Crippen LogP contribution is -2.40. The van der Waals surface area contributed by atoms with Crippen LogP contribution in [0.15, 0.2) is 49.2 Å². The molecule has 0 radical (unpaired) electrons. The van der Waals surface area contributed by atoms with E-state index in [0.717, 1.165) is 5.69 Å². The number of imidazole rings is 2. The molecule has 0 saturated heterocycles. The largest absolute Gasteiger partial charge is 0.474 e. The van der Waals surface area contributed by atoms with Crippen molar-refractivity contribution in [3.05, 3.63) is 66.3 Å². The van der Waals surface area contributed by atoms with E-state index in [1.165, 1.54) is 16.8 Å². The Kier molecular flexibility index (Phi) is 6.55. The van der Waals surface area contributed by atoms with E-state index >= 15 is 0 Å². The number of nitrogens with two attached hydrogens (primary N) is 1. The number of fused-ring (bicyclic) bond motifs is 1. The first-order valence-corrected chi connectivity index (χ1v) is 11.8. The molecule has 1 saturated carbocycles. The number of rotatable bonds is 7. The Bertz CT molecular complexity index is 1460. The molecule has 5 rings (SSSR count). The lowest BCUT2D eigenvalue weighted by Gasteiger charge is -2.29. The Balaban J connectivity index is 1.29. The van der Waals surface area contributed by atoms with Crippen molar-refractivity contribution < 1.29 is 23.1 Å². The number of ether oxygens (including phenoxy) is 1. The van der Waals surface area contributed by atoms with E-state index in [0.29, 0.717) is 36.8 Å². The molecule has 0 bridgehead atoms. The first kappa shape index (κ1) is 24.3. The highest BCUT2D eigenvalue weighted by Gasteiger charge is 2.28. The van der Waals surface area contributed by atoms with Crippen LogP contribution in [0.1, 0.15) is 58.8 Å². The first-order chi connectivity index (χ1) is 17.8. The number of carbonyl (C=O) groups is 2. The van der Waals surface area contributed by atoms with Gasteiger partial charge in [0.2, 0.25) is 5.88 Å². The van der Waals surface area contributed by atoms with E-state index in [1.807, 2.05) is 0 Å². The molecule has 192 valence electrons. The fraction of sp³-hybridized carbons (Fsp3) is 0.320. The maximum absolute atomic E-state index is 13.8. The van der Waals surface area contributed by atoms with Crippen LogP contribution in [0.2, 0.25) is 0 Å². The third-order valence-electron chi connectivity index (χ3n) is 6.51. The summed E-state index contributed by atoms with van der Waals surface area (Å²) < 4.78 is 36.5. The van der Waals surface area contributed by atoms with Crippen molar-refractivity contribution in [2.45, 2.75) is 44.3 Å². The van der Waals surface area contributed by atoms with Gasteiger partial charge in [-0.25, -0.2) is 23.7 Å². The molecule has 1 fully saturated rings. The van der Waals surface area contributed by atoms with Crippen molar-refractivity contribution in [3.63, 3.8) is 0 Å². The Morgan fingerprint density at radius 3 is 2.65 bits per heavy atom. The monoisotopic (exact) mass is 509 g/mol. The summed E-state index contributed by atoms with van der Waals surface area (Å²) in [5.41, 5.74) is 7.26. The number of pyridine rings is 2. The molecule has 0 aromatic carbocycles. The second-order valence-corrected chi connectivity index (χ2v) is 8.97. The molecule has 0 atom stereocenters. The van der Waals surface area contributed by atoms with Gasteiger partial charge in [-0.2, -0.15) is 0 Å². The molecule has 1 aliphatic rings. The average Bonchev–Trinajstić information content (AvgIpc) is 3.48. The van der Waals surface area contributed by atoms with E-state index in [9.17, 15) is 18.4 Å². The number of aryl methyl sites for hydroxylation is 1. The van der Waals surface area contributed by atoms with Gasteiger partial charge in [0.1, 0.15) is 11.7 Å². The minimum atomic E-state index is -2.86. The minimum absolute atomic E-state index is 0.0511. The van der Waals surface area contributed by atoms with E-state index < -0.39 is 24.1 Å². The van der Waals surface area contributed by atoms with Crippen LogP contribution in [0.25, 0.3) is 16.8 Å². The van der Waals surface area contributed by atoms with Crippen LogP contribution >= 0.6 is 0 Å². The van der Waals surface area contributed by atoms with Crippen LogP contribution in [0.4, 0.5) is 8.78 Å². The Labute approximate surface area is 210 Å². The van der Waals surface area contributed by atoms with Gasteiger partial charge < -0.3 is 20.4 Å². The van der Waals surface area contributed by atoms with Crippen LogP contribution in [0, 0.1) is 0 Å². The maximum Gasteiger partial charge on any atom is 0.295 e. The average molecular weight is 510 g/mol. The highest BCUT2D eigenvalue weighted by Crippen LogP contribution is 2.28. The number of halogens is 2. The van der Waals surface area contributed by atoms with Crippen LogP contribution in [0.5, 0.6) is 5.88 Å². The van der Waals surface area contributed by atoms with Gasteiger partial charge in [0, 0.05) is 31.0 Å². The summed E-state index contributed by atoms with van der Waals surface area (Å²) in [4.78, 5) is 36.9. The molecule has 2 amide bonds.